The molecule has 0 saturated heterocycles. The van der Waals surface area contributed by atoms with Crippen LogP contribution in [0.2, 0.25) is 0 Å². The van der Waals surface area contributed by atoms with Crippen molar-refractivity contribution in [2.75, 3.05) is 45.3 Å². The van der Waals surface area contributed by atoms with Crippen molar-refractivity contribution >= 4 is 32.6 Å². The summed E-state index contributed by atoms with van der Waals surface area (Å²) in [6.07, 6.45) is 0. The molecule has 3 rings (SSSR count). The smallest absolute Gasteiger partial charge is 0.260 e. The number of aromatic nitrogens is 1. The molecule has 0 aliphatic heterocycles. The van der Waals surface area contributed by atoms with Crippen LogP contribution in [0.15, 0.2) is 30.3 Å². The molecule has 1 aromatic heterocycles. The third kappa shape index (κ3) is 4.99. The van der Waals surface area contributed by atoms with Crippen LogP contribution < -0.4 is 14.4 Å². The van der Waals surface area contributed by atoms with Crippen molar-refractivity contribution in [2.45, 2.75) is 27.7 Å². The minimum atomic E-state index is -0.0958. The Hall–Kier alpha value is -2.64. The van der Waals surface area contributed by atoms with Crippen molar-refractivity contribution in [2.24, 2.45) is 0 Å². The van der Waals surface area contributed by atoms with Gasteiger partial charge in [0.15, 0.2) is 16.6 Å². The highest BCUT2D eigenvalue weighted by Gasteiger charge is 2.23. The van der Waals surface area contributed by atoms with Crippen LogP contribution >= 0.6 is 11.3 Å². The summed E-state index contributed by atoms with van der Waals surface area (Å²) >= 11 is 1.57. The van der Waals surface area contributed by atoms with E-state index in [1.165, 1.54) is 11.1 Å². The standard InChI is InChI=1S/C24H31N3O3S/c1-7-26(8-2)11-12-27(23(28)18-9-10-20(29-5)21(15-18)30-6)24-25-19-14-16(3)13-17(4)22(19)31-24/h9-10,13-15H,7-8,11-12H2,1-6H3. The summed E-state index contributed by atoms with van der Waals surface area (Å²) in [7, 11) is 3.16. The minimum Gasteiger partial charge on any atom is -0.493 e. The Bertz CT molecular complexity index is 1060. The lowest BCUT2D eigenvalue weighted by atomic mass is 10.1. The number of thiazole rings is 1. The predicted octanol–water partition coefficient (Wildman–Crippen LogP) is 4.92. The van der Waals surface area contributed by atoms with Crippen LogP contribution in [-0.4, -0.2) is 56.2 Å². The van der Waals surface area contributed by atoms with Gasteiger partial charge >= 0.3 is 0 Å². The van der Waals surface area contributed by atoms with Gasteiger partial charge in [-0.05, 0) is 62.3 Å². The quantitative estimate of drug-likeness (QED) is 0.472. The van der Waals surface area contributed by atoms with Crippen LogP contribution in [0, 0.1) is 13.8 Å². The van der Waals surface area contributed by atoms with Gasteiger partial charge in [-0.15, -0.1) is 0 Å². The first-order valence-corrected chi connectivity index (χ1v) is 11.4. The SMILES string of the molecule is CCN(CC)CCN(C(=O)c1ccc(OC)c(OC)c1)c1nc2cc(C)cc(C)c2s1. The number of ether oxygens (including phenoxy) is 2. The summed E-state index contributed by atoms with van der Waals surface area (Å²) in [6.45, 7) is 11.6. The Labute approximate surface area is 188 Å². The Kier molecular flexibility index (Phi) is 7.51. The summed E-state index contributed by atoms with van der Waals surface area (Å²) in [5.74, 6) is 1.04. The number of rotatable bonds is 9. The normalized spacial score (nSPS) is 11.2. The van der Waals surface area contributed by atoms with Crippen molar-refractivity contribution in [1.82, 2.24) is 9.88 Å². The highest BCUT2D eigenvalue weighted by Crippen LogP contribution is 2.34. The fourth-order valence-corrected chi connectivity index (χ4v) is 4.71. The number of aryl methyl sites for hydroxylation is 2. The molecule has 0 bridgehead atoms. The van der Waals surface area contributed by atoms with Crippen LogP contribution in [0.5, 0.6) is 11.5 Å². The maximum Gasteiger partial charge on any atom is 0.260 e. The Morgan fingerprint density at radius 1 is 1.00 bits per heavy atom. The van der Waals surface area contributed by atoms with Crippen molar-refractivity contribution in [3.8, 4) is 11.5 Å². The second-order valence-corrected chi connectivity index (χ2v) is 8.46. The zero-order valence-electron chi connectivity index (χ0n) is 19.2. The van der Waals surface area contributed by atoms with Gasteiger partial charge in [-0.1, -0.05) is 31.3 Å². The van der Waals surface area contributed by atoms with Gasteiger partial charge in [0.05, 0.1) is 24.4 Å². The number of carbonyl (C=O) groups is 1. The van der Waals surface area contributed by atoms with Crippen LogP contribution in [0.4, 0.5) is 5.13 Å². The molecule has 0 fully saturated rings. The van der Waals surface area contributed by atoms with Gasteiger partial charge < -0.3 is 14.4 Å². The van der Waals surface area contributed by atoms with Gasteiger partial charge in [0.1, 0.15) is 0 Å². The molecule has 7 heteroatoms. The van der Waals surface area contributed by atoms with Crippen molar-refractivity contribution in [3.63, 3.8) is 0 Å². The molecule has 31 heavy (non-hydrogen) atoms. The highest BCUT2D eigenvalue weighted by atomic mass is 32.1. The van der Waals surface area contributed by atoms with Crippen LogP contribution in [0.3, 0.4) is 0 Å². The first kappa shape index (κ1) is 23.0. The van der Waals surface area contributed by atoms with E-state index in [1.807, 2.05) is 0 Å². The minimum absolute atomic E-state index is 0.0958. The lowest BCUT2D eigenvalue weighted by molar-refractivity contribution is 0.0983. The van der Waals surface area contributed by atoms with E-state index in [1.54, 1.807) is 48.7 Å². The molecular weight excluding hydrogens is 410 g/mol. The summed E-state index contributed by atoms with van der Waals surface area (Å²) in [5, 5.41) is 0.718. The number of benzene rings is 2. The first-order valence-electron chi connectivity index (χ1n) is 10.6. The monoisotopic (exact) mass is 441 g/mol. The number of hydrogen-bond acceptors (Lipinski definition) is 6. The average Bonchev–Trinajstić information content (AvgIpc) is 3.19. The maximum absolute atomic E-state index is 13.6. The molecule has 166 valence electrons. The predicted molar refractivity (Wildman–Crippen MR) is 128 cm³/mol. The van der Waals surface area contributed by atoms with E-state index < -0.39 is 0 Å². The molecule has 0 spiro atoms. The topological polar surface area (TPSA) is 54.9 Å². The molecule has 0 atom stereocenters. The fourth-order valence-electron chi connectivity index (χ4n) is 3.67. The summed E-state index contributed by atoms with van der Waals surface area (Å²) in [6, 6.07) is 9.50. The van der Waals surface area contributed by atoms with E-state index in [0.717, 1.165) is 35.0 Å². The summed E-state index contributed by atoms with van der Waals surface area (Å²) in [4.78, 5) is 22.5. The first-order chi connectivity index (χ1) is 14.9. The zero-order valence-corrected chi connectivity index (χ0v) is 20.0. The Morgan fingerprint density at radius 2 is 1.71 bits per heavy atom. The summed E-state index contributed by atoms with van der Waals surface area (Å²) in [5.41, 5.74) is 3.83. The average molecular weight is 442 g/mol. The molecule has 1 amide bonds. The van der Waals surface area contributed by atoms with E-state index in [9.17, 15) is 4.79 Å². The van der Waals surface area contributed by atoms with E-state index >= 15 is 0 Å². The number of carbonyl (C=O) groups excluding carboxylic acids is 1. The molecule has 0 saturated carbocycles. The summed E-state index contributed by atoms with van der Waals surface area (Å²) < 4.78 is 11.8. The third-order valence-corrected chi connectivity index (χ3v) is 6.68. The Morgan fingerprint density at radius 3 is 2.35 bits per heavy atom. The molecule has 1 heterocycles. The maximum atomic E-state index is 13.6. The third-order valence-electron chi connectivity index (χ3n) is 5.45. The van der Waals surface area contributed by atoms with Gasteiger partial charge in [-0.2, -0.15) is 0 Å². The van der Waals surface area contributed by atoms with Crippen LogP contribution in [-0.2, 0) is 0 Å². The van der Waals surface area contributed by atoms with Crippen molar-refractivity contribution < 1.29 is 14.3 Å². The molecule has 0 unspecified atom stereocenters. The fraction of sp³-hybridized carbons (Fsp3) is 0.417. The van der Waals surface area contributed by atoms with Gasteiger partial charge in [-0.25, -0.2) is 4.98 Å². The molecule has 0 aliphatic rings. The molecule has 2 aromatic carbocycles. The number of amides is 1. The lowest BCUT2D eigenvalue weighted by Crippen LogP contribution is -2.38. The Balaban J connectivity index is 2.02. The van der Waals surface area contributed by atoms with Gasteiger partial charge in [0, 0.05) is 18.7 Å². The van der Waals surface area contributed by atoms with Gasteiger partial charge in [0.2, 0.25) is 0 Å². The number of fused-ring (bicyclic) bond motifs is 1. The van der Waals surface area contributed by atoms with Crippen LogP contribution in [0.1, 0.15) is 35.3 Å². The lowest BCUT2D eigenvalue weighted by Gasteiger charge is -2.25. The number of nitrogens with zero attached hydrogens (tertiary/aromatic N) is 3. The molecule has 3 aromatic rings. The molecule has 0 N–H and O–H groups in total. The molecule has 6 nitrogen and oxygen atoms in total. The number of methoxy groups -OCH3 is 2. The molecule has 0 aliphatic carbocycles. The van der Waals surface area contributed by atoms with E-state index in [0.29, 0.717) is 23.6 Å². The van der Waals surface area contributed by atoms with E-state index in [2.05, 4.69) is 44.7 Å². The largest absolute Gasteiger partial charge is 0.493 e. The van der Waals surface area contributed by atoms with Crippen molar-refractivity contribution in [3.05, 3.63) is 47.0 Å². The zero-order chi connectivity index (χ0) is 22.5. The van der Waals surface area contributed by atoms with E-state index in [-0.39, 0.29) is 5.91 Å². The number of likely N-dealkylation sites (N-methyl/N-ethyl adjacent to an activating group) is 1. The van der Waals surface area contributed by atoms with Crippen LogP contribution in [0.25, 0.3) is 10.2 Å². The highest BCUT2D eigenvalue weighted by molar-refractivity contribution is 7.22. The number of anilines is 1. The van der Waals surface area contributed by atoms with Crippen molar-refractivity contribution in [1.29, 1.82) is 0 Å². The van der Waals surface area contributed by atoms with E-state index in [4.69, 9.17) is 14.5 Å². The van der Waals surface area contributed by atoms with Gasteiger partial charge in [0.25, 0.3) is 5.91 Å². The molecular formula is C24H31N3O3S. The second-order valence-electron chi connectivity index (χ2n) is 7.48. The second kappa shape index (κ2) is 10.1. The molecule has 0 radical (unpaired) electrons. The van der Waals surface area contributed by atoms with Gasteiger partial charge in [-0.3, -0.25) is 9.69 Å². The number of hydrogen-bond donors (Lipinski definition) is 0.